The summed E-state index contributed by atoms with van der Waals surface area (Å²) in [5.41, 5.74) is 5.26. The van der Waals surface area contributed by atoms with Gasteiger partial charge in [-0.25, -0.2) is 22.7 Å². The number of nitrogens with zero attached hydrogens (tertiary/aromatic N) is 3. The van der Waals surface area contributed by atoms with Crippen LogP contribution in [-0.2, 0) is 19.5 Å². The topological polar surface area (TPSA) is 125 Å². The Morgan fingerprint density at radius 3 is 2.77 bits per heavy atom. The Hall–Kier alpha value is -2.56. The quantitative estimate of drug-likeness (QED) is 0.777. The number of sulfonamides is 1. The molecular weight excluding hydrogens is 360 g/mol. The van der Waals surface area contributed by atoms with Crippen LogP contribution in [0.4, 0.5) is 5.82 Å². The molecule has 0 spiro atoms. The predicted molar refractivity (Wildman–Crippen MR) is 91.8 cm³/mol. The first-order valence-electron chi connectivity index (χ1n) is 7.80. The number of hydrogen-bond acceptors (Lipinski definition) is 7. The molecule has 9 nitrogen and oxygen atoms in total. The van der Waals surface area contributed by atoms with Crippen LogP contribution in [0.15, 0.2) is 47.8 Å². The highest BCUT2D eigenvalue weighted by molar-refractivity contribution is 7.93. The van der Waals surface area contributed by atoms with Crippen molar-refractivity contribution in [3.63, 3.8) is 0 Å². The average Bonchev–Trinajstić information content (AvgIpc) is 3.10. The van der Waals surface area contributed by atoms with E-state index in [1.54, 1.807) is 6.07 Å². The zero-order valence-electron chi connectivity index (χ0n) is 14.0. The lowest BCUT2D eigenvalue weighted by Crippen LogP contribution is -2.46. The van der Waals surface area contributed by atoms with Crippen LogP contribution in [0.25, 0.3) is 0 Å². The number of anilines is 1. The second-order valence-electron chi connectivity index (χ2n) is 5.56. The summed E-state index contributed by atoms with van der Waals surface area (Å²) in [5.74, 6) is -0.686. The Morgan fingerprint density at radius 1 is 1.35 bits per heavy atom. The van der Waals surface area contributed by atoms with E-state index in [-0.39, 0.29) is 16.3 Å². The van der Waals surface area contributed by atoms with Crippen LogP contribution in [0.2, 0.25) is 0 Å². The lowest BCUT2D eigenvalue weighted by Gasteiger charge is -2.31. The molecule has 0 bridgehead atoms. The van der Waals surface area contributed by atoms with Crippen molar-refractivity contribution >= 4 is 21.7 Å². The largest absolute Gasteiger partial charge is 0.366 e. The number of amides is 1. The minimum Gasteiger partial charge on any atom is -0.366 e. The third-order valence-corrected chi connectivity index (χ3v) is 5.91. The molecule has 3 rings (SSSR count). The number of aromatic nitrogens is 2. The molecule has 1 saturated heterocycles. The van der Waals surface area contributed by atoms with Crippen molar-refractivity contribution in [2.24, 2.45) is 5.73 Å². The van der Waals surface area contributed by atoms with Gasteiger partial charge in [-0.05, 0) is 18.6 Å². The van der Waals surface area contributed by atoms with E-state index in [9.17, 15) is 13.2 Å². The van der Waals surface area contributed by atoms with Crippen LogP contribution in [0.1, 0.15) is 16.8 Å². The maximum Gasteiger partial charge on any atom is 0.266 e. The Balaban J connectivity index is 2.17. The van der Waals surface area contributed by atoms with Gasteiger partial charge in [0.2, 0.25) is 5.91 Å². The summed E-state index contributed by atoms with van der Waals surface area (Å²) in [6.45, 7) is 0.331. The van der Waals surface area contributed by atoms with Crippen molar-refractivity contribution in [2.75, 3.05) is 18.0 Å². The fourth-order valence-corrected chi connectivity index (χ4v) is 4.72. The maximum absolute atomic E-state index is 13.5. The first kappa shape index (κ1) is 18.2. The van der Waals surface area contributed by atoms with Crippen LogP contribution < -0.4 is 10.0 Å². The minimum absolute atomic E-state index is 0.0977. The number of carbonyl (C=O) groups excluding carboxylic acids is 1. The number of rotatable bonds is 6. The molecule has 1 aliphatic rings. The van der Waals surface area contributed by atoms with E-state index in [0.29, 0.717) is 13.0 Å². The second kappa shape index (κ2) is 7.36. The van der Waals surface area contributed by atoms with Crippen LogP contribution >= 0.6 is 0 Å². The van der Waals surface area contributed by atoms with E-state index >= 15 is 0 Å². The molecular formula is C16H18N4O5S. The molecule has 1 aromatic carbocycles. The lowest BCUT2D eigenvalue weighted by molar-refractivity contribution is -0.0941. The normalized spacial score (nSPS) is 20.0. The molecule has 1 aliphatic heterocycles. The monoisotopic (exact) mass is 378 g/mol. The number of primary amides is 1. The van der Waals surface area contributed by atoms with Crippen molar-refractivity contribution in [1.82, 2.24) is 9.97 Å². The molecule has 2 atom stereocenters. The van der Waals surface area contributed by atoms with Crippen molar-refractivity contribution in [2.45, 2.75) is 23.6 Å². The van der Waals surface area contributed by atoms with Gasteiger partial charge in [0.05, 0.1) is 12.2 Å². The number of ether oxygens (including phenoxy) is 2. The van der Waals surface area contributed by atoms with Gasteiger partial charge in [-0.1, -0.05) is 12.1 Å². The first-order chi connectivity index (χ1) is 12.5. The number of nitrogens with two attached hydrogens (primary N) is 1. The highest BCUT2D eigenvalue weighted by Crippen LogP contribution is 2.31. The summed E-state index contributed by atoms with van der Waals surface area (Å²) < 4.78 is 38.7. The molecule has 26 heavy (non-hydrogen) atoms. The van der Waals surface area contributed by atoms with Gasteiger partial charge in [0.15, 0.2) is 6.29 Å². The highest BCUT2D eigenvalue weighted by Gasteiger charge is 2.42. The van der Waals surface area contributed by atoms with E-state index in [2.05, 4.69) is 9.97 Å². The zero-order chi connectivity index (χ0) is 18.7. The molecule has 138 valence electrons. The number of hydrogen-bond donors (Lipinski definition) is 1. The van der Waals surface area contributed by atoms with Gasteiger partial charge in [0, 0.05) is 19.4 Å². The van der Waals surface area contributed by atoms with Crippen molar-refractivity contribution in [3.8, 4) is 0 Å². The van der Waals surface area contributed by atoms with Gasteiger partial charge in [-0.15, -0.1) is 0 Å². The average molecular weight is 378 g/mol. The van der Waals surface area contributed by atoms with Crippen LogP contribution in [0.5, 0.6) is 0 Å². The van der Waals surface area contributed by atoms with Gasteiger partial charge in [0.25, 0.3) is 10.0 Å². The Bertz CT molecular complexity index is 891. The zero-order valence-corrected chi connectivity index (χ0v) is 14.8. The molecule has 0 unspecified atom stereocenters. The summed E-state index contributed by atoms with van der Waals surface area (Å²) in [6.07, 6.45) is 2.32. The lowest BCUT2D eigenvalue weighted by atomic mass is 10.2. The van der Waals surface area contributed by atoms with Gasteiger partial charge in [-0.3, -0.25) is 4.79 Å². The van der Waals surface area contributed by atoms with Crippen LogP contribution in [0, 0.1) is 0 Å². The van der Waals surface area contributed by atoms with Gasteiger partial charge < -0.3 is 15.2 Å². The Kier molecular flexibility index (Phi) is 5.16. The third-order valence-electron chi connectivity index (χ3n) is 4.02. The Morgan fingerprint density at radius 2 is 2.12 bits per heavy atom. The summed E-state index contributed by atoms with van der Waals surface area (Å²) >= 11 is 0. The molecule has 0 saturated carbocycles. The number of methoxy groups -OCH3 is 1. The maximum atomic E-state index is 13.5. The highest BCUT2D eigenvalue weighted by atomic mass is 32.2. The summed E-state index contributed by atoms with van der Waals surface area (Å²) in [6, 6.07) is 6.59. The fraction of sp³-hybridized carbons (Fsp3) is 0.312. The van der Waals surface area contributed by atoms with Gasteiger partial charge in [-0.2, -0.15) is 0 Å². The van der Waals surface area contributed by atoms with E-state index in [1.807, 2.05) is 0 Å². The van der Waals surface area contributed by atoms with E-state index in [1.165, 1.54) is 43.9 Å². The predicted octanol–water partition coefficient (Wildman–Crippen LogP) is 0.532. The minimum atomic E-state index is -4.17. The molecule has 10 heteroatoms. The molecule has 2 N–H and O–H groups in total. The number of benzene rings is 1. The SMILES string of the molecule is CO[C@H]1OCC[C@@H]1N(c1ccncn1)S(=O)(=O)c1ccccc1C(N)=O. The molecule has 2 heterocycles. The second-order valence-corrected chi connectivity index (χ2v) is 7.34. The Labute approximate surface area is 150 Å². The summed E-state index contributed by atoms with van der Waals surface area (Å²) in [4.78, 5) is 19.4. The molecule has 1 fully saturated rings. The molecule has 1 aromatic heterocycles. The van der Waals surface area contributed by atoms with Crippen LogP contribution in [-0.4, -0.2) is 50.3 Å². The fourth-order valence-electron chi connectivity index (χ4n) is 2.89. The smallest absolute Gasteiger partial charge is 0.266 e. The van der Waals surface area contributed by atoms with E-state index < -0.39 is 28.3 Å². The number of carbonyl (C=O) groups is 1. The van der Waals surface area contributed by atoms with Crippen molar-refractivity contribution in [3.05, 3.63) is 48.4 Å². The standard InChI is InChI=1S/C16H18N4O5S/c1-24-16-12(7-9-25-16)20(14-6-8-18-10-19-14)26(22,23)13-5-3-2-4-11(13)15(17)21/h2-6,8,10,12,16H,7,9H2,1H3,(H2,17,21)/t12-,16-/m0/s1. The van der Waals surface area contributed by atoms with Gasteiger partial charge in [0.1, 0.15) is 23.1 Å². The molecule has 2 aromatic rings. The van der Waals surface area contributed by atoms with E-state index in [0.717, 1.165) is 4.31 Å². The first-order valence-corrected chi connectivity index (χ1v) is 9.24. The van der Waals surface area contributed by atoms with E-state index in [4.69, 9.17) is 15.2 Å². The van der Waals surface area contributed by atoms with Crippen LogP contribution in [0.3, 0.4) is 0 Å². The summed E-state index contributed by atoms with van der Waals surface area (Å²) in [7, 11) is -2.74. The third kappa shape index (κ3) is 3.26. The molecule has 0 radical (unpaired) electrons. The van der Waals surface area contributed by atoms with Crippen molar-refractivity contribution < 1.29 is 22.7 Å². The van der Waals surface area contributed by atoms with Crippen molar-refractivity contribution in [1.29, 1.82) is 0 Å². The summed E-state index contributed by atoms with van der Waals surface area (Å²) in [5, 5.41) is 0. The molecule has 0 aliphatic carbocycles. The van der Waals surface area contributed by atoms with Gasteiger partial charge >= 0.3 is 0 Å². The molecule has 1 amide bonds.